The van der Waals surface area contributed by atoms with Crippen molar-refractivity contribution in [2.75, 3.05) is 0 Å². The van der Waals surface area contributed by atoms with Gasteiger partial charge in [-0.1, -0.05) is 53.2 Å². The van der Waals surface area contributed by atoms with E-state index in [9.17, 15) is 0 Å². The summed E-state index contributed by atoms with van der Waals surface area (Å²) >= 11 is 0. The number of rotatable bonds is 7. The van der Waals surface area contributed by atoms with E-state index >= 15 is 0 Å². The zero-order valence-corrected chi connectivity index (χ0v) is 11.8. The molecule has 90 valence electrons. The van der Waals surface area contributed by atoms with Gasteiger partial charge in [0.2, 0.25) is 0 Å². The van der Waals surface area contributed by atoms with Crippen LogP contribution >= 0.6 is 0 Å². The summed E-state index contributed by atoms with van der Waals surface area (Å²) in [7, 11) is -1.57. The van der Waals surface area contributed by atoms with Crippen LogP contribution < -0.4 is 5.19 Å². The van der Waals surface area contributed by atoms with Crippen molar-refractivity contribution in [2.45, 2.75) is 25.1 Å². The smallest absolute Gasteiger partial charge is 0.0980 e. The molecule has 0 saturated heterocycles. The molecule has 1 aromatic rings. The summed E-state index contributed by atoms with van der Waals surface area (Å²) in [5, 5.41) is 1.53. The van der Waals surface area contributed by atoms with E-state index in [4.69, 9.17) is 0 Å². The van der Waals surface area contributed by atoms with Gasteiger partial charge < -0.3 is 0 Å². The van der Waals surface area contributed by atoms with Crippen molar-refractivity contribution >= 4 is 13.3 Å². The number of allylic oxidation sites excluding steroid dienone is 3. The van der Waals surface area contributed by atoms with E-state index in [1.807, 2.05) is 0 Å². The second kappa shape index (κ2) is 6.41. The summed E-state index contributed by atoms with van der Waals surface area (Å²) in [5.74, 6) is 0. The molecule has 0 heterocycles. The first kappa shape index (κ1) is 13.7. The van der Waals surface area contributed by atoms with Crippen LogP contribution in [-0.2, 0) is 0 Å². The fourth-order valence-electron chi connectivity index (χ4n) is 2.58. The molecule has 0 aliphatic heterocycles. The van der Waals surface area contributed by atoms with Crippen molar-refractivity contribution in [1.29, 1.82) is 0 Å². The van der Waals surface area contributed by atoms with E-state index in [-0.39, 0.29) is 0 Å². The SMILES string of the molecule is C=CC[Si](CC=C)(CC=C)c1ccccc1C. The Labute approximate surface area is 106 Å². The molecule has 0 radical (unpaired) electrons. The number of aryl methyl sites for hydroxylation is 1. The first-order valence-electron chi connectivity index (χ1n) is 6.09. The predicted molar refractivity (Wildman–Crippen MR) is 81.6 cm³/mol. The van der Waals surface area contributed by atoms with Crippen LogP contribution in [0.25, 0.3) is 0 Å². The molecule has 0 bridgehead atoms. The average molecular weight is 242 g/mol. The van der Waals surface area contributed by atoms with E-state index < -0.39 is 8.07 Å². The highest BCUT2D eigenvalue weighted by molar-refractivity contribution is 6.93. The first-order valence-corrected chi connectivity index (χ1v) is 8.71. The van der Waals surface area contributed by atoms with Gasteiger partial charge in [-0.15, -0.1) is 19.7 Å². The molecule has 0 spiro atoms. The van der Waals surface area contributed by atoms with Gasteiger partial charge in [-0.25, -0.2) is 0 Å². The maximum absolute atomic E-state index is 3.93. The lowest BCUT2D eigenvalue weighted by Crippen LogP contribution is -2.47. The van der Waals surface area contributed by atoms with E-state index in [0.717, 1.165) is 18.1 Å². The zero-order valence-electron chi connectivity index (χ0n) is 10.8. The molecule has 0 aromatic heterocycles. The lowest BCUT2D eigenvalue weighted by Gasteiger charge is -2.30. The Kier molecular flexibility index (Phi) is 5.17. The Bertz CT molecular complexity index is 377. The summed E-state index contributed by atoms with van der Waals surface area (Å²) in [6, 6.07) is 12.0. The highest BCUT2D eigenvalue weighted by Crippen LogP contribution is 2.24. The van der Waals surface area contributed by atoms with Crippen molar-refractivity contribution in [3.05, 3.63) is 67.8 Å². The highest BCUT2D eigenvalue weighted by atomic mass is 28.3. The van der Waals surface area contributed by atoms with Crippen LogP contribution in [0.1, 0.15) is 5.56 Å². The summed E-state index contributed by atoms with van der Waals surface area (Å²) in [6.45, 7) is 14.0. The molecule has 1 heteroatoms. The van der Waals surface area contributed by atoms with Crippen molar-refractivity contribution in [3.8, 4) is 0 Å². The second-order valence-corrected chi connectivity index (χ2v) is 8.90. The normalized spacial score (nSPS) is 10.9. The van der Waals surface area contributed by atoms with Crippen molar-refractivity contribution in [1.82, 2.24) is 0 Å². The van der Waals surface area contributed by atoms with Gasteiger partial charge in [-0.3, -0.25) is 0 Å². The molecule has 0 unspecified atom stereocenters. The van der Waals surface area contributed by atoms with E-state index in [1.54, 1.807) is 0 Å². The lowest BCUT2D eigenvalue weighted by atomic mass is 10.2. The molecule has 0 saturated carbocycles. The number of hydrogen-bond acceptors (Lipinski definition) is 0. The minimum Gasteiger partial charge on any atom is -0.103 e. The van der Waals surface area contributed by atoms with E-state index in [1.165, 1.54) is 10.8 Å². The molecule has 0 aliphatic carbocycles. The molecule has 0 atom stereocenters. The fraction of sp³-hybridized carbons (Fsp3) is 0.250. The monoisotopic (exact) mass is 242 g/mol. The van der Waals surface area contributed by atoms with Gasteiger partial charge in [-0.2, -0.15) is 0 Å². The zero-order chi connectivity index (χ0) is 12.7. The third-order valence-corrected chi connectivity index (χ3v) is 8.24. The molecule has 1 aromatic carbocycles. The second-order valence-electron chi connectivity index (χ2n) is 4.57. The largest absolute Gasteiger partial charge is 0.103 e. The van der Waals surface area contributed by atoms with Gasteiger partial charge >= 0.3 is 0 Å². The molecule has 17 heavy (non-hydrogen) atoms. The van der Waals surface area contributed by atoms with Gasteiger partial charge in [-0.05, 0) is 25.1 Å². The summed E-state index contributed by atoms with van der Waals surface area (Å²) in [5.41, 5.74) is 1.39. The highest BCUT2D eigenvalue weighted by Gasteiger charge is 2.32. The van der Waals surface area contributed by atoms with Gasteiger partial charge in [0.15, 0.2) is 0 Å². The number of benzene rings is 1. The predicted octanol–water partition coefficient (Wildman–Crippen LogP) is 4.21. The standard InChI is InChI=1S/C16H22Si/c1-5-12-17(13-6-2,14-7-3)16-11-9-8-10-15(16)4/h5-11H,1-3,12-14H2,4H3. The van der Waals surface area contributed by atoms with Crippen LogP contribution in [-0.4, -0.2) is 8.07 Å². The summed E-state index contributed by atoms with van der Waals surface area (Å²) < 4.78 is 0. The summed E-state index contributed by atoms with van der Waals surface area (Å²) in [4.78, 5) is 0. The third kappa shape index (κ3) is 3.07. The molecule has 0 amide bonds. The maximum atomic E-state index is 3.93. The fourth-order valence-corrected chi connectivity index (χ4v) is 6.76. The molecule has 0 N–H and O–H groups in total. The van der Waals surface area contributed by atoms with Crippen LogP contribution in [0.5, 0.6) is 0 Å². The molecule has 0 nitrogen and oxygen atoms in total. The Morgan fingerprint density at radius 1 is 0.941 bits per heavy atom. The topological polar surface area (TPSA) is 0 Å². The minimum atomic E-state index is -1.57. The average Bonchev–Trinajstić information content (AvgIpc) is 2.30. The first-order chi connectivity index (χ1) is 8.20. The van der Waals surface area contributed by atoms with Crippen LogP contribution in [0.2, 0.25) is 18.1 Å². The quantitative estimate of drug-likeness (QED) is 0.496. The number of hydrogen-bond donors (Lipinski definition) is 0. The third-order valence-electron chi connectivity index (χ3n) is 3.32. The van der Waals surface area contributed by atoms with E-state index in [0.29, 0.717) is 0 Å². The molecule has 1 rings (SSSR count). The minimum absolute atomic E-state index is 1.09. The van der Waals surface area contributed by atoms with Crippen molar-refractivity contribution in [3.63, 3.8) is 0 Å². The lowest BCUT2D eigenvalue weighted by molar-refractivity contribution is 1.36. The maximum Gasteiger partial charge on any atom is 0.0980 e. The Hall–Kier alpha value is -1.34. The van der Waals surface area contributed by atoms with Crippen LogP contribution in [0.3, 0.4) is 0 Å². The van der Waals surface area contributed by atoms with Crippen LogP contribution in [0.4, 0.5) is 0 Å². The Morgan fingerprint density at radius 3 is 1.82 bits per heavy atom. The Morgan fingerprint density at radius 2 is 1.41 bits per heavy atom. The van der Waals surface area contributed by atoms with Gasteiger partial charge in [0.05, 0.1) is 8.07 Å². The molecule has 0 aliphatic rings. The van der Waals surface area contributed by atoms with Crippen molar-refractivity contribution < 1.29 is 0 Å². The van der Waals surface area contributed by atoms with E-state index in [2.05, 4.69) is 69.2 Å². The van der Waals surface area contributed by atoms with Crippen LogP contribution in [0, 0.1) is 6.92 Å². The van der Waals surface area contributed by atoms with Crippen molar-refractivity contribution in [2.24, 2.45) is 0 Å². The Balaban J connectivity index is 3.28. The molecular formula is C16H22Si. The summed E-state index contributed by atoms with van der Waals surface area (Å²) in [6.07, 6.45) is 6.18. The van der Waals surface area contributed by atoms with Gasteiger partial charge in [0.25, 0.3) is 0 Å². The van der Waals surface area contributed by atoms with Crippen LogP contribution in [0.15, 0.2) is 62.2 Å². The molecular weight excluding hydrogens is 220 g/mol. The molecule has 0 fully saturated rings. The van der Waals surface area contributed by atoms with Gasteiger partial charge in [0.1, 0.15) is 0 Å². The van der Waals surface area contributed by atoms with Gasteiger partial charge in [0, 0.05) is 0 Å².